The van der Waals surface area contributed by atoms with Crippen molar-refractivity contribution in [1.29, 1.82) is 0 Å². The minimum Gasteiger partial charge on any atom is -0.618 e. The van der Waals surface area contributed by atoms with E-state index in [1.807, 2.05) is 44.2 Å². The molecule has 0 aliphatic rings. The molecule has 0 atom stereocenters. The van der Waals surface area contributed by atoms with Crippen molar-refractivity contribution in [2.45, 2.75) is 13.8 Å². The van der Waals surface area contributed by atoms with Crippen LogP contribution in [0.3, 0.4) is 0 Å². The molecule has 0 spiro atoms. The summed E-state index contributed by atoms with van der Waals surface area (Å²) in [6.07, 6.45) is 1.55. The monoisotopic (exact) mass is 259 g/mol. The van der Waals surface area contributed by atoms with Crippen LogP contribution in [-0.2, 0) is 0 Å². The SMILES string of the molecule is Cc1cccc([N+]([O-])=Cc2ccc(Cl)cc2)c1C. The molecule has 0 aromatic heterocycles. The highest BCUT2D eigenvalue weighted by Crippen LogP contribution is 2.20. The van der Waals surface area contributed by atoms with E-state index in [0.29, 0.717) is 10.7 Å². The summed E-state index contributed by atoms with van der Waals surface area (Å²) in [7, 11) is 0. The first-order valence-electron chi connectivity index (χ1n) is 5.71. The fraction of sp³-hybridized carbons (Fsp3) is 0.133. The summed E-state index contributed by atoms with van der Waals surface area (Å²) >= 11 is 5.81. The molecule has 18 heavy (non-hydrogen) atoms. The minimum atomic E-state index is 0.663. The normalized spacial score (nSPS) is 11.6. The van der Waals surface area contributed by atoms with Crippen LogP contribution in [0.1, 0.15) is 16.7 Å². The first kappa shape index (κ1) is 12.7. The second kappa shape index (κ2) is 5.23. The first-order valence-corrected chi connectivity index (χ1v) is 6.09. The highest BCUT2D eigenvalue weighted by molar-refractivity contribution is 6.30. The molecule has 0 aliphatic heterocycles. The molecule has 0 saturated heterocycles. The number of hydrogen-bond donors (Lipinski definition) is 0. The van der Waals surface area contributed by atoms with Crippen LogP contribution in [0.5, 0.6) is 0 Å². The molecule has 0 radical (unpaired) electrons. The van der Waals surface area contributed by atoms with Crippen LogP contribution in [0.25, 0.3) is 0 Å². The maximum atomic E-state index is 12.1. The summed E-state index contributed by atoms with van der Waals surface area (Å²) in [4.78, 5) is 0. The zero-order chi connectivity index (χ0) is 13.1. The van der Waals surface area contributed by atoms with E-state index < -0.39 is 0 Å². The summed E-state index contributed by atoms with van der Waals surface area (Å²) in [5.41, 5.74) is 3.61. The van der Waals surface area contributed by atoms with Gasteiger partial charge in [0.1, 0.15) is 0 Å². The zero-order valence-corrected chi connectivity index (χ0v) is 11.1. The van der Waals surface area contributed by atoms with Gasteiger partial charge in [0.25, 0.3) is 0 Å². The van der Waals surface area contributed by atoms with Crippen molar-refractivity contribution in [3.63, 3.8) is 0 Å². The Hall–Kier alpha value is -1.80. The van der Waals surface area contributed by atoms with Gasteiger partial charge in [0.2, 0.25) is 5.69 Å². The van der Waals surface area contributed by atoms with Gasteiger partial charge in [-0.15, -0.1) is 0 Å². The van der Waals surface area contributed by atoms with Crippen molar-refractivity contribution in [2.75, 3.05) is 0 Å². The topological polar surface area (TPSA) is 26.1 Å². The maximum Gasteiger partial charge on any atom is 0.219 e. The largest absolute Gasteiger partial charge is 0.618 e. The van der Waals surface area contributed by atoms with E-state index in [4.69, 9.17) is 11.6 Å². The maximum absolute atomic E-state index is 12.1. The predicted octanol–water partition coefficient (Wildman–Crippen LogP) is 4.22. The second-order valence-corrected chi connectivity index (χ2v) is 4.66. The molecule has 0 heterocycles. The van der Waals surface area contributed by atoms with E-state index in [9.17, 15) is 5.21 Å². The van der Waals surface area contributed by atoms with E-state index in [0.717, 1.165) is 21.4 Å². The fourth-order valence-corrected chi connectivity index (χ4v) is 1.85. The Labute approximate surface area is 112 Å². The molecule has 0 saturated carbocycles. The Kier molecular flexibility index (Phi) is 3.68. The lowest BCUT2D eigenvalue weighted by molar-refractivity contribution is -0.355. The fourth-order valence-electron chi connectivity index (χ4n) is 1.73. The summed E-state index contributed by atoms with van der Waals surface area (Å²) in [5.74, 6) is 0. The van der Waals surface area contributed by atoms with Gasteiger partial charge >= 0.3 is 0 Å². The van der Waals surface area contributed by atoms with Gasteiger partial charge in [-0.1, -0.05) is 23.7 Å². The highest BCUT2D eigenvalue weighted by Gasteiger charge is 2.07. The van der Waals surface area contributed by atoms with Crippen molar-refractivity contribution in [3.8, 4) is 0 Å². The summed E-state index contributed by atoms with van der Waals surface area (Å²) in [6, 6.07) is 12.9. The van der Waals surface area contributed by atoms with Crippen LogP contribution in [0.4, 0.5) is 5.69 Å². The molecule has 0 N–H and O–H groups in total. The number of nitrogens with zero attached hydrogens (tertiary/aromatic N) is 1. The molecular formula is C15H14ClNO. The molecule has 2 rings (SSSR count). The molecule has 2 aromatic carbocycles. The quantitative estimate of drug-likeness (QED) is 0.343. The van der Waals surface area contributed by atoms with Gasteiger partial charge in [-0.25, -0.2) is 0 Å². The first-order chi connectivity index (χ1) is 8.58. The second-order valence-electron chi connectivity index (χ2n) is 4.23. The van der Waals surface area contributed by atoms with E-state index in [-0.39, 0.29) is 0 Å². The third-order valence-corrected chi connectivity index (χ3v) is 3.20. The van der Waals surface area contributed by atoms with Crippen molar-refractivity contribution in [3.05, 3.63) is 69.4 Å². The average molecular weight is 260 g/mol. The van der Waals surface area contributed by atoms with E-state index in [2.05, 4.69) is 0 Å². The van der Waals surface area contributed by atoms with Crippen LogP contribution in [0.15, 0.2) is 42.5 Å². The van der Waals surface area contributed by atoms with Crippen LogP contribution >= 0.6 is 11.6 Å². The van der Waals surface area contributed by atoms with Crippen LogP contribution in [0.2, 0.25) is 5.02 Å². The Bertz CT molecular complexity index is 588. The zero-order valence-electron chi connectivity index (χ0n) is 10.4. The lowest BCUT2D eigenvalue weighted by atomic mass is 10.1. The Morgan fingerprint density at radius 1 is 1.06 bits per heavy atom. The molecule has 0 aliphatic carbocycles. The summed E-state index contributed by atoms with van der Waals surface area (Å²) in [6.45, 7) is 3.94. The van der Waals surface area contributed by atoms with Crippen molar-refractivity contribution in [2.24, 2.45) is 0 Å². The van der Waals surface area contributed by atoms with Crippen molar-refractivity contribution in [1.82, 2.24) is 0 Å². The van der Waals surface area contributed by atoms with Gasteiger partial charge in [0.15, 0.2) is 6.21 Å². The Morgan fingerprint density at radius 2 is 1.72 bits per heavy atom. The summed E-state index contributed by atoms with van der Waals surface area (Å²) in [5, 5.41) is 12.8. The molecular weight excluding hydrogens is 246 g/mol. The van der Waals surface area contributed by atoms with Gasteiger partial charge in [0, 0.05) is 22.2 Å². The van der Waals surface area contributed by atoms with Crippen molar-refractivity contribution < 1.29 is 4.74 Å². The number of benzene rings is 2. The van der Waals surface area contributed by atoms with Gasteiger partial charge in [0.05, 0.1) is 0 Å². The van der Waals surface area contributed by atoms with Gasteiger partial charge in [-0.05, 0) is 43.7 Å². The minimum absolute atomic E-state index is 0.663. The lowest BCUT2D eigenvalue weighted by Gasteiger charge is -2.07. The molecule has 0 unspecified atom stereocenters. The molecule has 0 bridgehead atoms. The molecule has 92 valence electrons. The molecule has 2 aromatic rings. The number of halogens is 1. The van der Waals surface area contributed by atoms with Crippen LogP contribution in [-0.4, -0.2) is 11.0 Å². The average Bonchev–Trinajstić information content (AvgIpc) is 2.35. The number of rotatable bonds is 2. The third kappa shape index (κ3) is 2.71. The van der Waals surface area contributed by atoms with Crippen LogP contribution < -0.4 is 0 Å². The molecule has 3 heteroatoms. The summed E-state index contributed by atoms with van der Waals surface area (Å²) < 4.78 is 0.894. The molecule has 0 fully saturated rings. The Morgan fingerprint density at radius 3 is 2.39 bits per heavy atom. The predicted molar refractivity (Wildman–Crippen MR) is 75.8 cm³/mol. The van der Waals surface area contributed by atoms with E-state index >= 15 is 0 Å². The van der Waals surface area contributed by atoms with Crippen molar-refractivity contribution >= 4 is 23.5 Å². The third-order valence-electron chi connectivity index (χ3n) is 2.95. The van der Waals surface area contributed by atoms with Gasteiger partial charge in [-0.3, -0.25) is 0 Å². The standard InChI is InChI=1S/C15H14ClNO/c1-11-4-3-5-15(12(11)2)17(18)10-13-6-8-14(16)9-7-13/h3-10H,1-2H3. The number of aryl methyl sites for hydroxylation is 1. The lowest BCUT2D eigenvalue weighted by Crippen LogP contribution is -2.01. The van der Waals surface area contributed by atoms with Gasteiger partial charge in [-0.2, -0.15) is 4.74 Å². The Balaban J connectivity index is 2.39. The molecule has 0 amide bonds. The van der Waals surface area contributed by atoms with E-state index in [1.54, 1.807) is 18.3 Å². The van der Waals surface area contributed by atoms with Gasteiger partial charge < -0.3 is 5.21 Å². The van der Waals surface area contributed by atoms with Crippen LogP contribution in [0, 0.1) is 19.1 Å². The highest BCUT2D eigenvalue weighted by atomic mass is 35.5. The smallest absolute Gasteiger partial charge is 0.219 e. The number of hydrogen-bond acceptors (Lipinski definition) is 1. The molecule has 2 nitrogen and oxygen atoms in total. The van der Waals surface area contributed by atoms with E-state index in [1.165, 1.54) is 0 Å².